The Labute approximate surface area is 183 Å². The van der Waals surface area contributed by atoms with Gasteiger partial charge in [0.15, 0.2) is 5.69 Å². The third kappa shape index (κ3) is 4.37. The maximum Gasteiger partial charge on any atom is 0.274 e. The number of carbonyl (C=O) groups excluding carboxylic acids is 1. The molecule has 158 valence electrons. The van der Waals surface area contributed by atoms with Crippen LogP contribution in [0.25, 0.3) is 5.65 Å². The number of nitrogens with one attached hydrogen (secondary N) is 1. The number of hydrogen-bond donors (Lipinski definition) is 1. The van der Waals surface area contributed by atoms with E-state index >= 15 is 0 Å². The summed E-state index contributed by atoms with van der Waals surface area (Å²) in [4.78, 5) is 20.1. The predicted molar refractivity (Wildman–Crippen MR) is 121 cm³/mol. The Hall–Kier alpha value is -2.37. The molecule has 0 spiro atoms. The molecule has 1 fully saturated rings. The maximum atomic E-state index is 13.4. The number of carbonyl (C=O) groups is 1. The highest BCUT2D eigenvalue weighted by Gasteiger charge is 2.25. The maximum absolute atomic E-state index is 13.4. The smallest absolute Gasteiger partial charge is 0.274 e. The molecule has 1 aliphatic rings. The summed E-state index contributed by atoms with van der Waals surface area (Å²) in [6.07, 6.45) is 6.52. The standard InChI is InChI=1S/C24H29ClN4O/c1-17-11-14-29-21(16-26-18(2)19-9-5-6-10-20(19)25)23(27-22(29)15-17)24(30)28-12-7-3-4-8-13-28/h5-6,9-11,14-15,18,26H,3-4,7-8,12-13,16H2,1-2H3/t18-/m0/s1. The minimum atomic E-state index is 0.0421. The van der Waals surface area contributed by atoms with E-state index in [2.05, 4.69) is 18.3 Å². The van der Waals surface area contributed by atoms with E-state index in [9.17, 15) is 4.79 Å². The molecule has 3 heterocycles. The number of fused-ring (bicyclic) bond motifs is 1. The van der Waals surface area contributed by atoms with Crippen LogP contribution in [-0.2, 0) is 6.54 Å². The summed E-state index contributed by atoms with van der Waals surface area (Å²) in [5.41, 5.74) is 4.45. The van der Waals surface area contributed by atoms with Crippen LogP contribution in [0.15, 0.2) is 42.6 Å². The molecule has 4 rings (SSSR count). The summed E-state index contributed by atoms with van der Waals surface area (Å²) in [5, 5.41) is 4.29. The highest BCUT2D eigenvalue weighted by Crippen LogP contribution is 2.24. The van der Waals surface area contributed by atoms with Crippen LogP contribution in [-0.4, -0.2) is 33.3 Å². The topological polar surface area (TPSA) is 49.6 Å². The van der Waals surface area contributed by atoms with Crippen LogP contribution in [0, 0.1) is 6.92 Å². The first-order chi connectivity index (χ1) is 14.5. The van der Waals surface area contributed by atoms with Crippen LogP contribution < -0.4 is 5.32 Å². The first kappa shape index (κ1) is 20.9. The monoisotopic (exact) mass is 424 g/mol. The van der Waals surface area contributed by atoms with Crippen molar-refractivity contribution in [3.63, 3.8) is 0 Å². The van der Waals surface area contributed by atoms with Gasteiger partial charge in [0.2, 0.25) is 0 Å². The molecular weight excluding hydrogens is 396 g/mol. The van der Waals surface area contributed by atoms with Crippen molar-refractivity contribution in [2.24, 2.45) is 0 Å². The molecule has 1 saturated heterocycles. The molecule has 0 bridgehead atoms. The Morgan fingerprint density at radius 1 is 1.17 bits per heavy atom. The van der Waals surface area contributed by atoms with Gasteiger partial charge >= 0.3 is 0 Å². The summed E-state index contributed by atoms with van der Waals surface area (Å²) >= 11 is 6.37. The number of aromatic nitrogens is 2. The van der Waals surface area contributed by atoms with Gasteiger partial charge in [-0.1, -0.05) is 42.6 Å². The molecule has 1 aromatic carbocycles. The van der Waals surface area contributed by atoms with Gasteiger partial charge in [0.25, 0.3) is 5.91 Å². The van der Waals surface area contributed by atoms with Gasteiger partial charge in [-0.25, -0.2) is 4.98 Å². The average molecular weight is 425 g/mol. The van der Waals surface area contributed by atoms with E-state index in [1.807, 2.05) is 52.8 Å². The minimum Gasteiger partial charge on any atom is -0.337 e. The zero-order chi connectivity index (χ0) is 21.1. The average Bonchev–Trinajstić information content (AvgIpc) is 2.90. The number of amides is 1. The number of rotatable bonds is 5. The van der Waals surface area contributed by atoms with Crippen LogP contribution >= 0.6 is 11.6 Å². The third-order valence-corrected chi connectivity index (χ3v) is 6.27. The number of likely N-dealkylation sites (tertiary alicyclic amines) is 1. The fourth-order valence-electron chi connectivity index (χ4n) is 4.15. The first-order valence-corrected chi connectivity index (χ1v) is 11.2. The molecule has 3 aromatic rings. The predicted octanol–water partition coefficient (Wildman–Crippen LogP) is 5.16. The molecule has 0 unspecified atom stereocenters. The van der Waals surface area contributed by atoms with Gasteiger partial charge in [-0.15, -0.1) is 0 Å². The second-order valence-corrected chi connectivity index (χ2v) is 8.58. The Kier molecular flexibility index (Phi) is 6.40. The highest BCUT2D eigenvalue weighted by molar-refractivity contribution is 6.31. The summed E-state index contributed by atoms with van der Waals surface area (Å²) in [6.45, 7) is 6.29. The molecule has 1 atom stereocenters. The van der Waals surface area contributed by atoms with E-state index in [1.165, 1.54) is 12.8 Å². The molecule has 30 heavy (non-hydrogen) atoms. The van der Waals surface area contributed by atoms with Crippen LogP contribution in [0.2, 0.25) is 5.02 Å². The molecule has 5 nitrogen and oxygen atoms in total. The van der Waals surface area contributed by atoms with E-state index in [-0.39, 0.29) is 11.9 Å². The summed E-state index contributed by atoms with van der Waals surface area (Å²) in [7, 11) is 0. The van der Waals surface area contributed by atoms with Crippen molar-refractivity contribution in [2.45, 2.75) is 52.1 Å². The van der Waals surface area contributed by atoms with Crippen LogP contribution in [0.5, 0.6) is 0 Å². The molecule has 1 amide bonds. The van der Waals surface area contributed by atoms with Crippen molar-refractivity contribution in [2.75, 3.05) is 13.1 Å². The van der Waals surface area contributed by atoms with E-state index in [4.69, 9.17) is 16.6 Å². The lowest BCUT2D eigenvalue weighted by molar-refractivity contribution is 0.0755. The van der Waals surface area contributed by atoms with Gasteiger partial charge in [-0.2, -0.15) is 0 Å². The Morgan fingerprint density at radius 3 is 2.63 bits per heavy atom. The zero-order valence-corrected chi connectivity index (χ0v) is 18.5. The highest BCUT2D eigenvalue weighted by atomic mass is 35.5. The number of aryl methyl sites for hydroxylation is 1. The fourth-order valence-corrected chi connectivity index (χ4v) is 4.45. The second-order valence-electron chi connectivity index (χ2n) is 8.17. The van der Waals surface area contributed by atoms with Crippen molar-refractivity contribution in [1.82, 2.24) is 19.6 Å². The number of halogens is 1. The summed E-state index contributed by atoms with van der Waals surface area (Å²) in [6, 6.07) is 12.0. The largest absolute Gasteiger partial charge is 0.337 e. The van der Waals surface area contributed by atoms with Crippen molar-refractivity contribution in [3.05, 3.63) is 70.1 Å². The van der Waals surface area contributed by atoms with Crippen LogP contribution in [0.1, 0.15) is 66.0 Å². The first-order valence-electron chi connectivity index (χ1n) is 10.8. The Bertz CT molecular complexity index is 1040. The number of nitrogens with zero attached hydrogens (tertiary/aromatic N) is 3. The van der Waals surface area contributed by atoms with E-state index in [0.29, 0.717) is 12.2 Å². The van der Waals surface area contributed by atoms with E-state index in [0.717, 1.165) is 53.4 Å². The molecule has 1 N–H and O–H groups in total. The van der Waals surface area contributed by atoms with Crippen molar-refractivity contribution < 1.29 is 4.79 Å². The molecule has 0 aliphatic carbocycles. The van der Waals surface area contributed by atoms with Gasteiger partial charge in [0, 0.05) is 36.9 Å². The lowest BCUT2D eigenvalue weighted by Gasteiger charge is -2.20. The summed E-state index contributed by atoms with van der Waals surface area (Å²) in [5.74, 6) is 0.0421. The van der Waals surface area contributed by atoms with Gasteiger partial charge in [0.05, 0.1) is 5.69 Å². The lowest BCUT2D eigenvalue weighted by Crippen LogP contribution is -2.33. The van der Waals surface area contributed by atoms with E-state index < -0.39 is 0 Å². The number of hydrogen-bond acceptors (Lipinski definition) is 3. The normalized spacial score (nSPS) is 15.9. The zero-order valence-electron chi connectivity index (χ0n) is 17.7. The minimum absolute atomic E-state index is 0.0421. The molecule has 1 aliphatic heterocycles. The van der Waals surface area contributed by atoms with E-state index in [1.54, 1.807) is 0 Å². The molecule has 0 radical (unpaired) electrons. The number of benzene rings is 1. The second kappa shape index (κ2) is 9.19. The van der Waals surface area contributed by atoms with Crippen LogP contribution in [0.4, 0.5) is 0 Å². The quantitative estimate of drug-likeness (QED) is 0.615. The Morgan fingerprint density at radius 2 is 1.90 bits per heavy atom. The molecule has 0 saturated carbocycles. The molecule has 2 aromatic heterocycles. The van der Waals surface area contributed by atoms with Gasteiger partial charge in [-0.05, 0) is 56.0 Å². The van der Waals surface area contributed by atoms with Crippen molar-refractivity contribution in [1.29, 1.82) is 0 Å². The molecule has 6 heteroatoms. The van der Waals surface area contributed by atoms with Crippen LogP contribution in [0.3, 0.4) is 0 Å². The lowest BCUT2D eigenvalue weighted by atomic mass is 10.1. The number of imidazole rings is 1. The summed E-state index contributed by atoms with van der Waals surface area (Å²) < 4.78 is 2.03. The van der Waals surface area contributed by atoms with Gasteiger partial charge < -0.3 is 14.6 Å². The Balaban J connectivity index is 1.64. The van der Waals surface area contributed by atoms with Gasteiger partial charge in [0.1, 0.15) is 5.65 Å². The number of pyridine rings is 1. The van der Waals surface area contributed by atoms with Gasteiger partial charge in [-0.3, -0.25) is 4.79 Å². The molecular formula is C24H29ClN4O. The van der Waals surface area contributed by atoms with Crippen molar-refractivity contribution in [3.8, 4) is 0 Å². The fraction of sp³-hybridized carbons (Fsp3) is 0.417. The van der Waals surface area contributed by atoms with Crippen molar-refractivity contribution >= 4 is 23.2 Å². The third-order valence-electron chi connectivity index (χ3n) is 5.92. The SMILES string of the molecule is Cc1ccn2c(CN[C@@H](C)c3ccccc3Cl)c(C(=O)N3CCCCCC3)nc2c1.